The molecule has 0 bridgehead atoms. The summed E-state index contributed by atoms with van der Waals surface area (Å²) in [5, 5.41) is 14.3. The van der Waals surface area contributed by atoms with Crippen LogP contribution in [-0.2, 0) is 0 Å². The van der Waals surface area contributed by atoms with Gasteiger partial charge in [0.2, 0.25) is 5.95 Å². The van der Waals surface area contributed by atoms with Gasteiger partial charge in [0, 0.05) is 18.8 Å². The Morgan fingerprint density at radius 1 is 0.962 bits per heavy atom. The summed E-state index contributed by atoms with van der Waals surface area (Å²) in [7, 11) is 4.04. The highest BCUT2D eigenvalue weighted by atomic mass is 16.5. The first-order chi connectivity index (χ1) is 12.7. The fourth-order valence-corrected chi connectivity index (χ4v) is 2.21. The average Bonchev–Trinajstić information content (AvgIpc) is 2.64. The third kappa shape index (κ3) is 5.42. The van der Waals surface area contributed by atoms with Gasteiger partial charge in [-0.2, -0.15) is 10.1 Å². The predicted octanol–water partition coefficient (Wildman–Crippen LogP) is 3.38. The lowest BCUT2D eigenvalue weighted by Gasteiger charge is -2.11. The van der Waals surface area contributed by atoms with E-state index < -0.39 is 0 Å². The average molecular weight is 350 g/mol. The molecule has 7 heteroatoms. The lowest BCUT2D eigenvalue weighted by Crippen LogP contribution is -2.21. The molecule has 0 aliphatic heterocycles. The molecule has 0 amide bonds. The summed E-state index contributed by atoms with van der Waals surface area (Å²) in [5.41, 5.74) is 0.894. The van der Waals surface area contributed by atoms with E-state index in [1.807, 2.05) is 68.7 Å². The number of rotatable bonds is 8. The van der Waals surface area contributed by atoms with Gasteiger partial charge in [0.1, 0.15) is 11.5 Å². The van der Waals surface area contributed by atoms with Gasteiger partial charge in [0.25, 0.3) is 0 Å². The van der Waals surface area contributed by atoms with Crippen molar-refractivity contribution in [1.29, 1.82) is 0 Å². The number of hydrogen-bond donors (Lipinski definition) is 2. The summed E-state index contributed by atoms with van der Waals surface area (Å²) in [4.78, 5) is 6.49. The van der Waals surface area contributed by atoms with Gasteiger partial charge in [-0.1, -0.05) is 18.2 Å². The number of para-hydroxylation sites is 1. The summed E-state index contributed by atoms with van der Waals surface area (Å²) < 4.78 is 5.79. The van der Waals surface area contributed by atoms with Gasteiger partial charge in [-0.15, -0.1) is 5.10 Å². The standard InChI is InChI=1S/C19H22N6O/c1-25(2)13-12-20-19-23-18(14-21-24-19)22-15-8-10-17(11-9-15)26-16-6-4-3-5-7-16/h3-11,14H,12-13H2,1-2H3,(H2,20,22,23,24). The van der Waals surface area contributed by atoms with Crippen molar-refractivity contribution in [3.63, 3.8) is 0 Å². The molecule has 2 aromatic carbocycles. The van der Waals surface area contributed by atoms with Crippen LogP contribution in [0.3, 0.4) is 0 Å². The van der Waals surface area contributed by atoms with Gasteiger partial charge in [0.05, 0.1) is 6.20 Å². The highest BCUT2D eigenvalue weighted by molar-refractivity contribution is 5.57. The van der Waals surface area contributed by atoms with Crippen molar-refractivity contribution >= 4 is 17.5 Å². The van der Waals surface area contributed by atoms with Crippen LogP contribution in [0.4, 0.5) is 17.5 Å². The van der Waals surface area contributed by atoms with Gasteiger partial charge >= 0.3 is 0 Å². The monoisotopic (exact) mass is 350 g/mol. The van der Waals surface area contributed by atoms with Crippen molar-refractivity contribution in [3.8, 4) is 11.5 Å². The number of benzene rings is 2. The van der Waals surface area contributed by atoms with Crippen LogP contribution in [0.2, 0.25) is 0 Å². The largest absolute Gasteiger partial charge is 0.457 e. The number of ether oxygens (including phenoxy) is 1. The second-order valence-electron chi connectivity index (χ2n) is 5.96. The Hall–Kier alpha value is -3.19. The Kier molecular flexibility index (Phi) is 5.95. The van der Waals surface area contributed by atoms with Crippen molar-refractivity contribution in [2.75, 3.05) is 37.8 Å². The number of hydrogen-bond acceptors (Lipinski definition) is 7. The van der Waals surface area contributed by atoms with Crippen LogP contribution < -0.4 is 15.4 Å². The maximum Gasteiger partial charge on any atom is 0.244 e. The highest BCUT2D eigenvalue weighted by Crippen LogP contribution is 2.23. The van der Waals surface area contributed by atoms with Crippen LogP contribution in [0, 0.1) is 0 Å². The van der Waals surface area contributed by atoms with E-state index in [0.29, 0.717) is 11.8 Å². The van der Waals surface area contributed by atoms with Crippen LogP contribution in [0.15, 0.2) is 60.8 Å². The topological polar surface area (TPSA) is 75.2 Å². The molecular formula is C19H22N6O. The van der Waals surface area contributed by atoms with Gasteiger partial charge in [-0.25, -0.2) is 0 Å². The third-order valence-corrected chi connectivity index (χ3v) is 3.51. The molecule has 0 radical (unpaired) electrons. The van der Waals surface area contributed by atoms with Crippen LogP contribution in [0.5, 0.6) is 11.5 Å². The van der Waals surface area contributed by atoms with E-state index >= 15 is 0 Å². The molecule has 134 valence electrons. The summed E-state index contributed by atoms with van der Waals surface area (Å²) in [5.74, 6) is 2.71. The molecule has 0 saturated heterocycles. The molecular weight excluding hydrogens is 328 g/mol. The summed E-state index contributed by atoms with van der Waals surface area (Å²) >= 11 is 0. The Morgan fingerprint density at radius 2 is 1.69 bits per heavy atom. The zero-order valence-electron chi connectivity index (χ0n) is 14.9. The van der Waals surface area contributed by atoms with Crippen LogP contribution in [-0.4, -0.2) is 47.3 Å². The van der Waals surface area contributed by atoms with E-state index in [4.69, 9.17) is 4.74 Å². The Labute approximate surface area is 153 Å². The SMILES string of the molecule is CN(C)CCNc1nncc(Nc2ccc(Oc3ccccc3)cc2)n1. The van der Waals surface area contributed by atoms with Crippen molar-refractivity contribution in [2.24, 2.45) is 0 Å². The molecule has 2 N–H and O–H groups in total. The third-order valence-electron chi connectivity index (χ3n) is 3.51. The second-order valence-corrected chi connectivity index (χ2v) is 5.96. The van der Waals surface area contributed by atoms with Gasteiger partial charge in [-0.3, -0.25) is 0 Å². The number of nitrogens with zero attached hydrogens (tertiary/aromatic N) is 4. The molecule has 0 unspecified atom stereocenters. The van der Waals surface area contributed by atoms with Gasteiger partial charge in [-0.05, 0) is 50.5 Å². The van der Waals surface area contributed by atoms with Crippen molar-refractivity contribution in [1.82, 2.24) is 20.1 Å². The quantitative estimate of drug-likeness (QED) is 0.645. The van der Waals surface area contributed by atoms with E-state index in [2.05, 4.69) is 30.7 Å². The Bertz CT molecular complexity index is 808. The number of nitrogens with one attached hydrogen (secondary N) is 2. The predicted molar refractivity (Wildman–Crippen MR) is 103 cm³/mol. The van der Waals surface area contributed by atoms with Crippen molar-refractivity contribution < 1.29 is 4.74 Å². The first-order valence-corrected chi connectivity index (χ1v) is 8.37. The van der Waals surface area contributed by atoms with Crippen LogP contribution >= 0.6 is 0 Å². The molecule has 3 aromatic rings. The van der Waals surface area contributed by atoms with Crippen LogP contribution in [0.1, 0.15) is 0 Å². The van der Waals surface area contributed by atoms with E-state index in [1.54, 1.807) is 6.20 Å². The maximum absolute atomic E-state index is 5.79. The normalized spacial score (nSPS) is 10.6. The van der Waals surface area contributed by atoms with Crippen LogP contribution in [0.25, 0.3) is 0 Å². The fourth-order valence-electron chi connectivity index (χ4n) is 2.21. The van der Waals surface area contributed by atoms with E-state index in [9.17, 15) is 0 Å². The fraction of sp³-hybridized carbons (Fsp3) is 0.211. The van der Waals surface area contributed by atoms with E-state index in [-0.39, 0.29) is 0 Å². The minimum absolute atomic E-state index is 0.501. The highest BCUT2D eigenvalue weighted by Gasteiger charge is 2.02. The molecule has 3 rings (SSSR count). The lowest BCUT2D eigenvalue weighted by molar-refractivity contribution is 0.425. The molecule has 0 aliphatic rings. The first kappa shape index (κ1) is 17.6. The molecule has 0 saturated carbocycles. The van der Waals surface area contributed by atoms with E-state index in [0.717, 1.165) is 30.3 Å². The van der Waals surface area contributed by atoms with E-state index in [1.165, 1.54) is 0 Å². The molecule has 0 atom stereocenters. The number of anilines is 3. The number of likely N-dealkylation sites (N-methyl/N-ethyl adjacent to an activating group) is 1. The smallest absolute Gasteiger partial charge is 0.244 e. The molecule has 0 fully saturated rings. The van der Waals surface area contributed by atoms with Crippen molar-refractivity contribution in [2.45, 2.75) is 0 Å². The Balaban J connectivity index is 1.58. The molecule has 26 heavy (non-hydrogen) atoms. The first-order valence-electron chi connectivity index (χ1n) is 8.37. The molecule has 0 aliphatic carbocycles. The molecule has 1 aromatic heterocycles. The lowest BCUT2D eigenvalue weighted by atomic mass is 10.3. The van der Waals surface area contributed by atoms with Crippen molar-refractivity contribution in [3.05, 3.63) is 60.8 Å². The maximum atomic E-state index is 5.79. The summed E-state index contributed by atoms with van der Waals surface area (Å²) in [6, 6.07) is 17.3. The zero-order chi connectivity index (χ0) is 18.2. The molecule has 7 nitrogen and oxygen atoms in total. The zero-order valence-corrected chi connectivity index (χ0v) is 14.9. The minimum Gasteiger partial charge on any atom is -0.457 e. The van der Waals surface area contributed by atoms with Gasteiger partial charge < -0.3 is 20.3 Å². The minimum atomic E-state index is 0.501. The summed E-state index contributed by atoms with van der Waals surface area (Å²) in [6.07, 6.45) is 1.59. The second kappa shape index (κ2) is 8.77. The molecule has 1 heterocycles. The van der Waals surface area contributed by atoms with Gasteiger partial charge in [0.15, 0.2) is 5.82 Å². The summed E-state index contributed by atoms with van der Waals surface area (Å²) in [6.45, 7) is 1.65. The number of aromatic nitrogens is 3. The molecule has 0 spiro atoms. The Morgan fingerprint density at radius 3 is 2.42 bits per heavy atom.